The number of rotatable bonds is 8. The van der Waals surface area contributed by atoms with Crippen molar-refractivity contribution in [2.75, 3.05) is 17.3 Å². The monoisotopic (exact) mass is 549 g/mol. The summed E-state index contributed by atoms with van der Waals surface area (Å²) in [6.07, 6.45) is 4.25. The lowest BCUT2D eigenvalue weighted by atomic mass is 10.2. The van der Waals surface area contributed by atoms with Crippen LogP contribution in [0.1, 0.15) is 25.6 Å². The average molecular weight is 550 g/mol. The van der Waals surface area contributed by atoms with Gasteiger partial charge in [-0.25, -0.2) is 4.98 Å². The highest BCUT2D eigenvalue weighted by Gasteiger charge is 2.19. The Morgan fingerprint density at radius 1 is 1.05 bits per heavy atom. The van der Waals surface area contributed by atoms with Crippen LogP contribution in [0.2, 0.25) is 0 Å². The van der Waals surface area contributed by atoms with Crippen molar-refractivity contribution in [2.24, 2.45) is 0 Å². The normalized spacial score (nSPS) is 11.0. The van der Waals surface area contributed by atoms with Gasteiger partial charge in [0.05, 0.1) is 20.8 Å². The van der Waals surface area contributed by atoms with Crippen LogP contribution in [0.3, 0.4) is 0 Å². The molecule has 0 radical (unpaired) electrons. The van der Waals surface area contributed by atoms with Crippen molar-refractivity contribution in [3.05, 3.63) is 101 Å². The van der Waals surface area contributed by atoms with Gasteiger partial charge in [-0.05, 0) is 65.7 Å². The summed E-state index contributed by atoms with van der Waals surface area (Å²) < 4.78 is 1.97. The van der Waals surface area contributed by atoms with Gasteiger partial charge in [-0.1, -0.05) is 24.3 Å². The predicted molar refractivity (Wildman–Crippen MR) is 152 cm³/mol. The first-order chi connectivity index (χ1) is 19.6. The molecule has 2 amide bonds. The fraction of sp³-hybridized carbons (Fsp3) is 0.107. The number of tetrazole rings is 1. The topological polar surface area (TPSA) is 135 Å². The van der Waals surface area contributed by atoms with E-state index in [-0.39, 0.29) is 11.8 Å². The lowest BCUT2D eigenvalue weighted by molar-refractivity contribution is 0.0991. The average Bonchev–Trinajstić information content (AvgIpc) is 3.76. The van der Waals surface area contributed by atoms with Crippen molar-refractivity contribution in [1.29, 1.82) is 0 Å². The SMILES string of the molecule is CN(C(=O)c1ccccc1)c1ccc2c(c1)nc(NC(=O)c1ccc(-c3nn[nH]n3)s1)n2CCc1cccnc1. The molecule has 0 aliphatic rings. The Labute approximate surface area is 232 Å². The van der Waals surface area contributed by atoms with E-state index < -0.39 is 0 Å². The number of aromatic amines is 1. The van der Waals surface area contributed by atoms with E-state index in [0.717, 1.165) is 16.0 Å². The lowest BCUT2D eigenvalue weighted by Crippen LogP contribution is -2.26. The molecule has 4 heterocycles. The largest absolute Gasteiger partial charge is 0.311 e. The van der Waals surface area contributed by atoms with Crippen LogP contribution in [0.15, 0.2) is 85.2 Å². The summed E-state index contributed by atoms with van der Waals surface area (Å²) >= 11 is 1.26. The molecule has 0 unspecified atom stereocenters. The Hall–Kier alpha value is -5.23. The molecular weight excluding hydrogens is 526 g/mol. The molecule has 40 heavy (non-hydrogen) atoms. The highest BCUT2D eigenvalue weighted by atomic mass is 32.1. The zero-order chi connectivity index (χ0) is 27.5. The maximum absolute atomic E-state index is 13.2. The molecule has 0 fully saturated rings. The number of imidazole rings is 1. The molecule has 0 atom stereocenters. The molecule has 0 bridgehead atoms. The summed E-state index contributed by atoms with van der Waals surface area (Å²) in [5.41, 5.74) is 3.84. The highest BCUT2D eigenvalue weighted by molar-refractivity contribution is 7.17. The van der Waals surface area contributed by atoms with Gasteiger partial charge < -0.3 is 9.47 Å². The van der Waals surface area contributed by atoms with Crippen LogP contribution in [-0.4, -0.2) is 54.0 Å². The number of amides is 2. The van der Waals surface area contributed by atoms with Crippen molar-refractivity contribution in [2.45, 2.75) is 13.0 Å². The summed E-state index contributed by atoms with van der Waals surface area (Å²) in [4.78, 5) is 38.0. The van der Waals surface area contributed by atoms with Gasteiger partial charge in [0.15, 0.2) is 0 Å². The number of aromatic nitrogens is 7. The van der Waals surface area contributed by atoms with Gasteiger partial charge >= 0.3 is 0 Å². The van der Waals surface area contributed by atoms with Crippen LogP contribution in [0.5, 0.6) is 0 Å². The van der Waals surface area contributed by atoms with E-state index in [1.54, 1.807) is 42.4 Å². The summed E-state index contributed by atoms with van der Waals surface area (Å²) in [5, 5.41) is 16.9. The Morgan fingerprint density at radius 2 is 1.93 bits per heavy atom. The molecule has 198 valence electrons. The van der Waals surface area contributed by atoms with Crippen molar-refractivity contribution in [3.63, 3.8) is 0 Å². The fourth-order valence-electron chi connectivity index (χ4n) is 4.34. The number of fused-ring (bicyclic) bond motifs is 1. The van der Waals surface area contributed by atoms with E-state index in [9.17, 15) is 9.59 Å². The van der Waals surface area contributed by atoms with Crippen LogP contribution < -0.4 is 10.2 Å². The quantitative estimate of drug-likeness (QED) is 0.287. The molecule has 12 heteroatoms. The number of nitrogens with zero attached hydrogens (tertiary/aromatic N) is 7. The molecule has 6 aromatic rings. The number of carbonyl (C=O) groups is 2. The first-order valence-electron chi connectivity index (χ1n) is 12.4. The van der Waals surface area contributed by atoms with Crippen LogP contribution in [0.4, 0.5) is 11.6 Å². The Balaban J connectivity index is 1.31. The van der Waals surface area contributed by atoms with E-state index in [1.807, 2.05) is 59.3 Å². The van der Waals surface area contributed by atoms with Gasteiger partial charge in [-0.3, -0.25) is 19.9 Å². The number of nitrogens with one attached hydrogen (secondary N) is 2. The number of aryl methyl sites for hydroxylation is 2. The van der Waals surface area contributed by atoms with Gasteiger partial charge in [-0.2, -0.15) is 5.21 Å². The molecule has 2 aromatic carbocycles. The molecule has 4 aromatic heterocycles. The third-order valence-corrected chi connectivity index (χ3v) is 7.49. The van der Waals surface area contributed by atoms with Crippen molar-refractivity contribution in [1.82, 2.24) is 35.2 Å². The van der Waals surface area contributed by atoms with Crippen LogP contribution in [-0.2, 0) is 13.0 Å². The van der Waals surface area contributed by atoms with Crippen molar-refractivity contribution >= 4 is 45.8 Å². The Morgan fingerprint density at radius 3 is 2.70 bits per heavy atom. The number of anilines is 2. The molecular formula is C28H23N9O2S. The van der Waals surface area contributed by atoms with Gasteiger partial charge in [0.1, 0.15) is 0 Å². The Bertz CT molecular complexity index is 1780. The molecule has 6 rings (SSSR count). The Kier molecular flexibility index (Phi) is 6.81. The van der Waals surface area contributed by atoms with E-state index in [0.29, 0.717) is 46.4 Å². The van der Waals surface area contributed by atoms with Gasteiger partial charge in [-0.15, -0.1) is 21.5 Å². The summed E-state index contributed by atoms with van der Waals surface area (Å²) in [6, 6.07) is 22.2. The number of hydrogen-bond acceptors (Lipinski definition) is 8. The van der Waals surface area contributed by atoms with E-state index in [2.05, 4.69) is 30.9 Å². The molecule has 0 aliphatic carbocycles. The number of H-pyrrole nitrogens is 1. The van der Waals surface area contributed by atoms with E-state index in [1.165, 1.54) is 11.3 Å². The molecule has 2 N–H and O–H groups in total. The minimum absolute atomic E-state index is 0.125. The second kappa shape index (κ2) is 10.9. The van der Waals surface area contributed by atoms with E-state index in [4.69, 9.17) is 4.98 Å². The fourth-order valence-corrected chi connectivity index (χ4v) is 5.17. The lowest BCUT2D eigenvalue weighted by Gasteiger charge is -2.17. The van der Waals surface area contributed by atoms with E-state index >= 15 is 0 Å². The number of carbonyl (C=O) groups excluding carboxylic acids is 2. The third kappa shape index (κ3) is 5.07. The minimum atomic E-state index is -0.297. The molecule has 0 spiro atoms. The van der Waals surface area contributed by atoms with Gasteiger partial charge in [0.2, 0.25) is 11.8 Å². The second-order valence-electron chi connectivity index (χ2n) is 8.95. The van der Waals surface area contributed by atoms with Gasteiger partial charge in [0, 0.05) is 37.2 Å². The number of pyridine rings is 1. The maximum atomic E-state index is 13.2. The van der Waals surface area contributed by atoms with Crippen molar-refractivity contribution < 1.29 is 9.59 Å². The summed E-state index contributed by atoms with van der Waals surface area (Å²) in [7, 11) is 1.73. The molecule has 0 aliphatic heterocycles. The summed E-state index contributed by atoms with van der Waals surface area (Å²) in [5.74, 6) is 0.413. The minimum Gasteiger partial charge on any atom is -0.311 e. The molecule has 11 nitrogen and oxygen atoms in total. The van der Waals surface area contributed by atoms with Crippen LogP contribution >= 0.6 is 11.3 Å². The molecule has 0 saturated heterocycles. The number of thiophene rings is 1. The van der Waals surface area contributed by atoms with Gasteiger partial charge in [0.25, 0.3) is 11.8 Å². The van der Waals surface area contributed by atoms with Crippen LogP contribution in [0, 0.1) is 0 Å². The predicted octanol–water partition coefficient (Wildman–Crippen LogP) is 4.44. The summed E-state index contributed by atoms with van der Waals surface area (Å²) in [6.45, 7) is 0.564. The first kappa shape index (κ1) is 25.1. The van der Waals surface area contributed by atoms with Crippen LogP contribution in [0.25, 0.3) is 21.7 Å². The zero-order valence-corrected chi connectivity index (χ0v) is 22.2. The smallest absolute Gasteiger partial charge is 0.268 e. The molecule has 0 saturated carbocycles. The first-order valence-corrected chi connectivity index (χ1v) is 13.3. The highest BCUT2D eigenvalue weighted by Crippen LogP contribution is 2.28. The maximum Gasteiger partial charge on any atom is 0.268 e. The standard InChI is InChI=1S/C28H23N9O2S/c1-36(27(39)19-7-3-2-4-8-19)20-9-10-22-21(16-20)30-28(37(22)15-13-18-6-5-14-29-17-18)31-26(38)24-12-11-23(40-24)25-32-34-35-33-25/h2-12,14,16-17H,13,15H2,1H3,(H,30,31,38)(H,32,33,34,35). The number of hydrogen-bond donors (Lipinski definition) is 2. The van der Waals surface area contributed by atoms with Crippen molar-refractivity contribution in [3.8, 4) is 10.7 Å². The second-order valence-corrected chi connectivity index (χ2v) is 10.0. The third-order valence-electron chi connectivity index (χ3n) is 6.41. The zero-order valence-electron chi connectivity index (χ0n) is 21.4. The number of benzene rings is 2.